The van der Waals surface area contributed by atoms with Crippen molar-refractivity contribution in [2.24, 2.45) is 11.1 Å². The van der Waals surface area contributed by atoms with Crippen molar-refractivity contribution in [1.82, 2.24) is 4.90 Å². The highest BCUT2D eigenvalue weighted by molar-refractivity contribution is 5.82. The maximum Gasteiger partial charge on any atom is 0.239 e. The molecule has 1 aliphatic rings. The first-order valence-corrected chi connectivity index (χ1v) is 7.18. The molecule has 0 saturated carbocycles. The SMILES string of the molecule is CN(CC1COc2ccccc2O1)C(=O)[C@@H](N)C(C)(C)C. The van der Waals surface area contributed by atoms with Gasteiger partial charge in [-0.25, -0.2) is 0 Å². The lowest BCUT2D eigenvalue weighted by Gasteiger charge is -2.33. The number of ether oxygens (including phenoxy) is 2. The predicted molar refractivity (Wildman–Crippen MR) is 81.4 cm³/mol. The van der Waals surface area contributed by atoms with Crippen molar-refractivity contribution in [3.63, 3.8) is 0 Å². The van der Waals surface area contributed by atoms with E-state index in [-0.39, 0.29) is 17.4 Å². The van der Waals surface area contributed by atoms with Gasteiger partial charge in [-0.15, -0.1) is 0 Å². The van der Waals surface area contributed by atoms with E-state index in [1.54, 1.807) is 11.9 Å². The number of carbonyl (C=O) groups is 1. The minimum atomic E-state index is -0.528. The number of amides is 1. The molecule has 0 saturated heterocycles. The number of fused-ring (bicyclic) bond motifs is 1. The zero-order valence-corrected chi connectivity index (χ0v) is 13.1. The number of benzene rings is 1. The van der Waals surface area contributed by atoms with Crippen LogP contribution in [0.15, 0.2) is 24.3 Å². The molecule has 1 unspecified atom stereocenters. The number of nitrogens with two attached hydrogens (primary N) is 1. The molecule has 0 bridgehead atoms. The summed E-state index contributed by atoms with van der Waals surface area (Å²) in [6, 6.07) is 7.01. The summed E-state index contributed by atoms with van der Waals surface area (Å²) < 4.78 is 11.5. The van der Waals surface area contributed by atoms with Gasteiger partial charge in [-0.3, -0.25) is 4.79 Å². The third-order valence-electron chi connectivity index (χ3n) is 3.62. The van der Waals surface area contributed by atoms with E-state index in [1.165, 1.54) is 0 Å². The molecule has 1 aromatic carbocycles. The first-order valence-electron chi connectivity index (χ1n) is 7.18. The molecular weight excluding hydrogens is 268 g/mol. The largest absolute Gasteiger partial charge is 0.486 e. The lowest BCUT2D eigenvalue weighted by Crippen LogP contribution is -2.52. The number of nitrogens with zero attached hydrogens (tertiary/aromatic N) is 1. The van der Waals surface area contributed by atoms with Crippen LogP contribution in [0.5, 0.6) is 11.5 Å². The normalized spacial score (nSPS) is 19.0. The van der Waals surface area contributed by atoms with E-state index in [9.17, 15) is 4.79 Å². The number of para-hydroxylation sites is 2. The van der Waals surface area contributed by atoms with Gasteiger partial charge in [0.15, 0.2) is 17.6 Å². The summed E-state index contributed by atoms with van der Waals surface area (Å²) in [6.45, 7) is 6.76. The second kappa shape index (κ2) is 5.93. The topological polar surface area (TPSA) is 64.8 Å². The van der Waals surface area contributed by atoms with Crippen LogP contribution in [0.1, 0.15) is 20.8 Å². The average molecular weight is 292 g/mol. The smallest absolute Gasteiger partial charge is 0.239 e. The molecule has 1 amide bonds. The van der Waals surface area contributed by atoms with E-state index in [2.05, 4.69) is 0 Å². The zero-order valence-electron chi connectivity index (χ0n) is 13.1. The highest BCUT2D eigenvalue weighted by atomic mass is 16.6. The molecule has 5 nitrogen and oxygen atoms in total. The molecule has 1 aliphatic heterocycles. The van der Waals surface area contributed by atoms with Crippen molar-refractivity contribution in [1.29, 1.82) is 0 Å². The van der Waals surface area contributed by atoms with Gasteiger partial charge >= 0.3 is 0 Å². The van der Waals surface area contributed by atoms with Gasteiger partial charge in [0.25, 0.3) is 0 Å². The summed E-state index contributed by atoms with van der Waals surface area (Å²) in [5, 5.41) is 0. The highest BCUT2D eigenvalue weighted by Gasteiger charge is 2.31. The standard InChI is InChI=1S/C16H24N2O3/c1-16(2,3)14(17)15(19)18(4)9-11-10-20-12-7-5-6-8-13(12)21-11/h5-8,11,14H,9-10,17H2,1-4H3/t11?,14-/m1/s1. The van der Waals surface area contributed by atoms with Crippen molar-refractivity contribution in [2.45, 2.75) is 32.9 Å². The Kier molecular flexibility index (Phi) is 4.42. The minimum absolute atomic E-state index is 0.0787. The number of hydrogen-bond acceptors (Lipinski definition) is 4. The van der Waals surface area contributed by atoms with Gasteiger partial charge in [-0.1, -0.05) is 32.9 Å². The Balaban J connectivity index is 1.95. The van der Waals surface area contributed by atoms with Gasteiger partial charge in [0.2, 0.25) is 5.91 Å². The van der Waals surface area contributed by atoms with E-state index in [1.807, 2.05) is 45.0 Å². The average Bonchev–Trinajstić information content (AvgIpc) is 2.44. The van der Waals surface area contributed by atoms with Crippen LogP contribution in [0.4, 0.5) is 0 Å². The molecule has 116 valence electrons. The maximum absolute atomic E-state index is 12.3. The summed E-state index contributed by atoms with van der Waals surface area (Å²) in [5.41, 5.74) is 5.75. The summed E-state index contributed by atoms with van der Waals surface area (Å²) >= 11 is 0. The molecule has 2 N–H and O–H groups in total. The molecule has 0 aromatic heterocycles. The summed E-state index contributed by atoms with van der Waals surface area (Å²) in [5.74, 6) is 1.38. The second-order valence-corrected chi connectivity index (χ2v) is 6.56. The van der Waals surface area contributed by atoms with Crippen molar-refractivity contribution >= 4 is 5.91 Å². The molecule has 1 aromatic rings. The molecule has 0 radical (unpaired) electrons. The number of carbonyl (C=O) groups excluding carboxylic acids is 1. The van der Waals surface area contributed by atoms with Gasteiger partial charge < -0.3 is 20.1 Å². The van der Waals surface area contributed by atoms with Crippen molar-refractivity contribution in [2.75, 3.05) is 20.2 Å². The quantitative estimate of drug-likeness (QED) is 0.920. The highest BCUT2D eigenvalue weighted by Crippen LogP contribution is 2.31. The Bertz CT molecular complexity index is 510. The van der Waals surface area contributed by atoms with Gasteiger partial charge in [-0.2, -0.15) is 0 Å². The molecule has 21 heavy (non-hydrogen) atoms. The third-order valence-corrected chi connectivity index (χ3v) is 3.62. The Hall–Kier alpha value is -1.75. The number of hydrogen-bond donors (Lipinski definition) is 1. The lowest BCUT2D eigenvalue weighted by molar-refractivity contribution is -0.135. The molecule has 0 fully saturated rings. The predicted octanol–water partition coefficient (Wildman–Crippen LogP) is 1.66. The first-order chi connectivity index (χ1) is 9.79. The van der Waals surface area contributed by atoms with Crippen molar-refractivity contribution in [3.8, 4) is 11.5 Å². The lowest BCUT2D eigenvalue weighted by atomic mass is 9.86. The number of rotatable bonds is 3. The van der Waals surface area contributed by atoms with Crippen LogP contribution in [-0.2, 0) is 4.79 Å². The minimum Gasteiger partial charge on any atom is -0.486 e. The summed E-state index contributed by atoms with van der Waals surface area (Å²) in [7, 11) is 1.75. The van der Waals surface area contributed by atoms with Gasteiger partial charge in [0.05, 0.1) is 12.6 Å². The molecule has 2 rings (SSSR count). The summed E-state index contributed by atoms with van der Waals surface area (Å²) in [6.07, 6.45) is -0.180. The van der Waals surface area contributed by atoms with E-state index in [4.69, 9.17) is 15.2 Å². The Morgan fingerprint density at radius 2 is 2.00 bits per heavy atom. The monoisotopic (exact) mass is 292 g/mol. The summed E-state index contributed by atoms with van der Waals surface area (Å²) in [4.78, 5) is 13.9. The molecular formula is C16H24N2O3. The van der Waals surface area contributed by atoms with Gasteiger partial charge in [-0.05, 0) is 17.5 Å². The van der Waals surface area contributed by atoms with E-state index in [0.29, 0.717) is 13.2 Å². The van der Waals surface area contributed by atoms with Crippen LogP contribution in [0.3, 0.4) is 0 Å². The van der Waals surface area contributed by atoms with Crippen LogP contribution in [0.2, 0.25) is 0 Å². The Morgan fingerprint density at radius 3 is 2.62 bits per heavy atom. The van der Waals surface area contributed by atoms with Crippen molar-refractivity contribution in [3.05, 3.63) is 24.3 Å². The van der Waals surface area contributed by atoms with Crippen LogP contribution in [-0.4, -0.2) is 43.2 Å². The second-order valence-electron chi connectivity index (χ2n) is 6.56. The van der Waals surface area contributed by atoms with E-state index in [0.717, 1.165) is 11.5 Å². The maximum atomic E-state index is 12.3. The molecule has 1 heterocycles. The van der Waals surface area contributed by atoms with Crippen LogP contribution in [0, 0.1) is 5.41 Å². The zero-order chi connectivity index (χ0) is 15.6. The Labute approximate surface area is 126 Å². The molecule has 0 aliphatic carbocycles. The number of likely N-dealkylation sites (N-methyl/N-ethyl adjacent to an activating group) is 1. The molecule has 0 spiro atoms. The van der Waals surface area contributed by atoms with Gasteiger partial charge in [0.1, 0.15) is 6.61 Å². The van der Waals surface area contributed by atoms with Gasteiger partial charge in [0, 0.05) is 7.05 Å². The fourth-order valence-corrected chi connectivity index (χ4v) is 2.16. The molecule has 5 heteroatoms. The van der Waals surface area contributed by atoms with Crippen molar-refractivity contribution < 1.29 is 14.3 Å². The van der Waals surface area contributed by atoms with E-state index >= 15 is 0 Å². The van der Waals surface area contributed by atoms with Crippen LogP contribution >= 0.6 is 0 Å². The first kappa shape index (κ1) is 15.6. The Morgan fingerprint density at radius 1 is 1.38 bits per heavy atom. The van der Waals surface area contributed by atoms with Crippen LogP contribution < -0.4 is 15.2 Å². The van der Waals surface area contributed by atoms with E-state index < -0.39 is 6.04 Å². The van der Waals surface area contributed by atoms with Crippen LogP contribution in [0.25, 0.3) is 0 Å². The molecule has 2 atom stereocenters. The fraction of sp³-hybridized carbons (Fsp3) is 0.562. The fourth-order valence-electron chi connectivity index (χ4n) is 2.16. The third kappa shape index (κ3) is 3.67.